The van der Waals surface area contributed by atoms with E-state index in [9.17, 15) is 4.79 Å². The molecule has 6 fully saturated rings. The van der Waals surface area contributed by atoms with Gasteiger partial charge in [0.05, 0.1) is 6.54 Å². The van der Waals surface area contributed by atoms with E-state index in [1.807, 2.05) is 0 Å². The lowest BCUT2D eigenvalue weighted by molar-refractivity contribution is -0.125. The van der Waals surface area contributed by atoms with Gasteiger partial charge in [-0.3, -0.25) is 9.69 Å². The van der Waals surface area contributed by atoms with Gasteiger partial charge in [0.15, 0.2) is 0 Å². The van der Waals surface area contributed by atoms with Crippen LogP contribution in [-0.2, 0) is 4.79 Å². The Hall–Kier alpha value is -1.03. The first-order valence-corrected chi connectivity index (χ1v) is 12.7. The topological polar surface area (TPSA) is 44.4 Å². The third-order valence-corrected chi connectivity index (χ3v) is 9.11. The van der Waals surface area contributed by atoms with Crippen molar-refractivity contribution in [3.8, 4) is 0 Å². The van der Waals surface area contributed by atoms with Crippen molar-refractivity contribution in [3.05, 3.63) is 12.3 Å². The summed E-state index contributed by atoms with van der Waals surface area (Å²) < 4.78 is 0. The van der Waals surface area contributed by atoms with Crippen LogP contribution >= 0.6 is 0 Å². The van der Waals surface area contributed by atoms with Crippen LogP contribution in [0.3, 0.4) is 0 Å². The summed E-state index contributed by atoms with van der Waals surface area (Å²) in [5.74, 6) is 3.86. The predicted molar refractivity (Wildman–Crippen MR) is 122 cm³/mol. The van der Waals surface area contributed by atoms with E-state index in [4.69, 9.17) is 0 Å². The number of amides is 1. The molecule has 1 amide bonds. The zero-order valence-corrected chi connectivity index (χ0v) is 19.5. The van der Waals surface area contributed by atoms with E-state index >= 15 is 0 Å². The van der Waals surface area contributed by atoms with Gasteiger partial charge in [0.2, 0.25) is 5.91 Å². The van der Waals surface area contributed by atoms with Crippen molar-refractivity contribution in [3.63, 3.8) is 0 Å². The second kappa shape index (κ2) is 7.53. The molecule has 4 saturated carbocycles. The first-order valence-electron chi connectivity index (χ1n) is 12.7. The van der Waals surface area contributed by atoms with Crippen LogP contribution in [0, 0.1) is 29.1 Å². The Morgan fingerprint density at radius 3 is 2.00 bits per heavy atom. The summed E-state index contributed by atoms with van der Waals surface area (Å²) in [5, 5.41) is 7.02. The minimum Gasteiger partial charge on any atom is -0.388 e. The number of rotatable bonds is 6. The van der Waals surface area contributed by atoms with E-state index in [1.165, 1.54) is 69.9 Å². The van der Waals surface area contributed by atoms with Gasteiger partial charge in [-0.1, -0.05) is 6.58 Å². The molecule has 0 aromatic heterocycles. The Morgan fingerprint density at radius 1 is 0.967 bits per heavy atom. The lowest BCUT2D eigenvalue weighted by Crippen LogP contribution is -2.52. The average Bonchev–Trinajstić information content (AvgIpc) is 2.85. The fraction of sp³-hybridized carbons (Fsp3) is 0.885. The van der Waals surface area contributed by atoms with Gasteiger partial charge in [-0.2, -0.15) is 0 Å². The minimum absolute atomic E-state index is 0.143. The maximum Gasteiger partial charge on any atom is 0.234 e. The number of nitrogens with zero attached hydrogens (tertiary/aromatic N) is 1. The van der Waals surface area contributed by atoms with Crippen LogP contribution in [0.1, 0.15) is 85.0 Å². The molecule has 6 aliphatic rings. The Bertz CT molecular complexity index is 644. The van der Waals surface area contributed by atoms with E-state index in [1.54, 1.807) is 0 Å². The molecule has 2 aliphatic heterocycles. The standard InChI is InChI=1S/C26H43N3O/c1-17(26-12-18-7-19(13-26)9-20(8-18)14-26)27-15-21-10-22-5-6-23(11-21)29(22)16-24(30)28-25(2,3)4/h18-23,27H,1,5-16H2,2-4H3,(H,28,30)/t18?,19?,20?,21?,22-,23+,26?. The van der Waals surface area contributed by atoms with E-state index in [0.717, 1.165) is 30.2 Å². The van der Waals surface area contributed by atoms with Gasteiger partial charge in [0, 0.05) is 35.3 Å². The molecule has 168 valence electrons. The number of hydrogen-bond donors (Lipinski definition) is 2. The fourth-order valence-electron chi connectivity index (χ4n) is 8.37. The van der Waals surface area contributed by atoms with Crippen LogP contribution in [0.15, 0.2) is 12.3 Å². The number of carbonyl (C=O) groups excluding carboxylic acids is 1. The number of hydrogen-bond acceptors (Lipinski definition) is 3. The third kappa shape index (κ3) is 4.06. The van der Waals surface area contributed by atoms with Crippen molar-refractivity contribution in [2.45, 2.75) is 103 Å². The molecule has 4 nitrogen and oxygen atoms in total. The summed E-state index contributed by atoms with van der Waals surface area (Å²) in [7, 11) is 0. The van der Waals surface area contributed by atoms with Crippen molar-refractivity contribution in [1.29, 1.82) is 0 Å². The molecule has 6 bridgehead atoms. The van der Waals surface area contributed by atoms with Crippen molar-refractivity contribution < 1.29 is 4.79 Å². The Balaban J connectivity index is 1.13. The van der Waals surface area contributed by atoms with Crippen LogP contribution in [0.25, 0.3) is 0 Å². The summed E-state index contributed by atoms with van der Waals surface area (Å²) >= 11 is 0. The Kier molecular flexibility index (Phi) is 5.24. The smallest absolute Gasteiger partial charge is 0.234 e. The summed E-state index contributed by atoms with van der Waals surface area (Å²) in [6.07, 6.45) is 13.7. The molecule has 4 heteroatoms. The second-order valence-electron chi connectivity index (χ2n) is 12.8. The van der Waals surface area contributed by atoms with Crippen molar-refractivity contribution in [2.24, 2.45) is 29.1 Å². The Labute approximate surface area is 183 Å². The lowest BCUT2D eigenvalue weighted by atomic mass is 9.49. The highest BCUT2D eigenvalue weighted by Gasteiger charge is 2.52. The van der Waals surface area contributed by atoms with E-state index < -0.39 is 0 Å². The predicted octanol–water partition coefficient (Wildman–Crippen LogP) is 4.46. The van der Waals surface area contributed by atoms with Crippen molar-refractivity contribution in [1.82, 2.24) is 15.5 Å². The maximum absolute atomic E-state index is 12.5. The monoisotopic (exact) mass is 413 g/mol. The molecule has 0 aromatic rings. The summed E-state index contributed by atoms with van der Waals surface area (Å²) in [6, 6.07) is 1.18. The Morgan fingerprint density at radius 2 is 1.50 bits per heavy atom. The fourth-order valence-corrected chi connectivity index (χ4v) is 8.37. The molecular weight excluding hydrogens is 370 g/mol. The molecule has 0 radical (unpaired) electrons. The summed E-state index contributed by atoms with van der Waals surface area (Å²) in [4.78, 5) is 15.0. The average molecular weight is 414 g/mol. The molecule has 4 aliphatic carbocycles. The van der Waals surface area contributed by atoms with Crippen LogP contribution in [0.2, 0.25) is 0 Å². The van der Waals surface area contributed by atoms with Crippen molar-refractivity contribution in [2.75, 3.05) is 13.1 Å². The molecule has 2 N–H and O–H groups in total. The van der Waals surface area contributed by atoms with E-state index in [-0.39, 0.29) is 11.4 Å². The van der Waals surface area contributed by atoms with E-state index in [2.05, 4.69) is 42.9 Å². The normalized spacial score (nSPS) is 42.4. The highest BCUT2D eigenvalue weighted by atomic mass is 16.2. The zero-order valence-electron chi connectivity index (χ0n) is 19.5. The molecule has 30 heavy (non-hydrogen) atoms. The first kappa shape index (κ1) is 20.8. The van der Waals surface area contributed by atoms with Gasteiger partial charge in [-0.15, -0.1) is 0 Å². The highest BCUT2D eigenvalue weighted by molar-refractivity contribution is 5.78. The quantitative estimate of drug-likeness (QED) is 0.675. The molecule has 2 saturated heterocycles. The third-order valence-electron chi connectivity index (χ3n) is 9.11. The van der Waals surface area contributed by atoms with Crippen LogP contribution in [0.4, 0.5) is 0 Å². The molecular formula is C26H43N3O. The summed E-state index contributed by atoms with van der Waals surface area (Å²) in [6.45, 7) is 12.5. The SMILES string of the molecule is C=C(NCC1C[C@H]2CC[C@@H](C1)N2CC(=O)NC(C)(C)C)C12CC3CC(CC(C3)C1)C2. The van der Waals surface area contributed by atoms with Gasteiger partial charge in [0.1, 0.15) is 0 Å². The van der Waals surface area contributed by atoms with Crippen molar-refractivity contribution >= 4 is 5.91 Å². The molecule has 0 spiro atoms. The number of fused-ring (bicyclic) bond motifs is 2. The molecule has 2 heterocycles. The summed E-state index contributed by atoms with van der Waals surface area (Å²) in [5.41, 5.74) is 1.65. The van der Waals surface area contributed by atoms with Gasteiger partial charge < -0.3 is 10.6 Å². The maximum atomic E-state index is 12.5. The molecule has 6 rings (SSSR count). The van der Waals surface area contributed by atoms with E-state index in [0.29, 0.717) is 24.0 Å². The second-order valence-corrected chi connectivity index (χ2v) is 12.8. The van der Waals surface area contributed by atoms with Crippen LogP contribution in [-0.4, -0.2) is 41.5 Å². The first-order chi connectivity index (χ1) is 14.2. The van der Waals surface area contributed by atoms with Gasteiger partial charge in [-0.25, -0.2) is 0 Å². The number of allylic oxidation sites excluding steroid dienone is 1. The largest absolute Gasteiger partial charge is 0.388 e. The molecule has 0 aromatic carbocycles. The molecule has 1 unspecified atom stereocenters. The van der Waals surface area contributed by atoms with Crippen LogP contribution in [0.5, 0.6) is 0 Å². The zero-order chi connectivity index (χ0) is 21.1. The van der Waals surface area contributed by atoms with Gasteiger partial charge >= 0.3 is 0 Å². The van der Waals surface area contributed by atoms with Gasteiger partial charge in [-0.05, 0) is 109 Å². The number of nitrogens with one attached hydrogen (secondary N) is 2. The van der Waals surface area contributed by atoms with Crippen LogP contribution < -0.4 is 10.6 Å². The lowest BCUT2D eigenvalue weighted by Gasteiger charge is -2.57. The highest BCUT2D eigenvalue weighted by Crippen LogP contribution is 2.62. The molecule has 3 atom stereocenters. The van der Waals surface area contributed by atoms with Gasteiger partial charge in [0.25, 0.3) is 0 Å². The number of carbonyl (C=O) groups is 1. The minimum atomic E-state index is -0.143. The number of piperidine rings is 1.